The Kier molecular flexibility index (Phi) is 4.35. The third-order valence-electron chi connectivity index (χ3n) is 2.10. The van der Waals surface area contributed by atoms with Gasteiger partial charge in [0.05, 0.1) is 0 Å². The van der Waals surface area contributed by atoms with Crippen LogP contribution in [0.4, 0.5) is 17.6 Å². The minimum atomic E-state index is 0.238. The van der Waals surface area contributed by atoms with E-state index in [-0.39, 0.29) is 5.95 Å². The van der Waals surface area contributed by atoms with E-state index in [9.17, 15) is 0 Å². The number of hydrogen-bond donors (Lipinski definition) is 2. The highest BCUT2D eigenvalue weighted by atomic mass is 32.2. The highest BCUT2D eigenvalue weighted by Crippen LogP contribution is 2.18. The van der Waals surface area contributed by atoms with Crippen LogP contribution in [-0.2, 0) is 0 Å². The zero-order valence-electron chi connectivity index (χ0n) is 10.1. The summed E-state index contributed by atoms with van der Waals surface area (Å²) in [4.78, 5) is 12.5. The summed E-state index contributed by atoms with van der Waals surface area (Å²) >= 11 is 1.58. The largest absolute Gasteiger partial charge is 0.368 e. The molecule has 0 atom stereocenters. The number of nitrogens with two attached hydrogens (primary N) is 1. The van der Waals surface area contributed by atoms with Crippen LogP contribution in [0.25, 0.3) is 0 Å². The molecule has 0 spiro atoms. The van der Waals surface area contributed by atoms with E-state index in [2.05, 4.69) is 27.2 Å². The van der Waals surface area contributed by atoms with Gasteiger partial charge < -0.3 is 11.1 Å². The fourth-order valence-electron chi connectivity index (χ4n) is 1.34. The van der Waals surface area contributed by atoms with Crippen molar-refractivity contribution in [2.24, 2.45) is 0 Å². The Hall–Kier alpha value is -1.82. The van der Waals surface area contributed by atoms with Crippen LogP contribution in [-0.4, -0.2) is 20.7 Å². The Balaban J connectivity index is 2.15. The van der Waals surface area contributed by atoms with Crippen molar-refractivity contribution in [3.63, 3.8) is 0 Å². The van der Waals surface area contributed by atoms with Gasteiger partial charge in [0.15, 0.2) is 5.16 Å². The Bertz CT molecular complexity index is 503. The summed E-state index contributed by atoms with van der Waals surface area (Å²) in [7, 11) is 0. The summed E-state index contributed by atoms with van der Waals surface area (Å²) in [5, 5.41) is 3.76. The maximum atomic E-state index is 5.67. The van der Waals surface area contributed by atoms with Gasteiger partial charge in [-0.1, -0.05) is 36.9 Å². The normalized spacial score (nSPS) is 10.3. The van der Waals surface area contributed by atoms with Gasteiger partial charge in [0.1, 0.15) is 0 Å². The number of nitrogens with one attached hydrogen (secondary N) is 1. The van der Waals surface area contributed by atoms with E-state index < -0.39 is 0 Å². The summed E-state index contributed by atoms with van der Waals surface area (Å²) in [6, 6.07) is 9.73. The maximum absolute atomic E-state index is 5.67. The highest BCUT2D eigenvalue weighted by molar-refractivity contribution is 7.99. The quantitative estimate of drug-likeness (QED) is 0.806. The maximum Gasteiger partial charge on any atom is 0.233 e. The van der Waals surface area contributed by atoms with Crippen LogP contribution in [0, 0.1) is 0 Å². The molecule has 3 N–H and O–H groups in total. The van der Waals surface area contributed by atoms with Crippen LogP contribution >= 0.6 is 11.8 Å². The van der Waals surface area contributed by atoms with Crippen LogP contribution in [0.2, 0.25) is 0 Å². The molecule has 1 aromatic heterocycles. The number of anilines is 3. The van der Waals surface area contributed by atoms with E-state index >= 15 is 0 Å². The van der Waals surface area contributed by atoms with Crippen molar-refractivity contribution in [2.45, 2.75) is 18.5 Å². The van der Waals surface area contributed by atoms with Crippen LogP contribution in [0.5, 0.6) is 0 Å². The van der Waals surface area contributed by atoms with Gasteiger partial charge >= 0.3 is 0 Å². The molecule has 1 aromatic carbocycles. The minimum absolute atomic E-state index is 0.238. The number of nitrogen functional groups attached to an aromatic ring is 1. The number of para-hydroxylation sites is 1. The van der Waals surface area contributed by atoms with E-state index in [1.807, 2.05) is 30.3 Å². The smallest absolute Gasteiger partial charge is 0.233 e. The van der Waals surface area contributed by atoms with Gasteiger partial charge in [0.2, 0.25) is 11.9 Å². The molecule has 1 heterocycles. The Morgan fingerprint density at radius 3 is 2.67 bits per heavy atom. The average molecular weight is 261 g/mol. The molecule has 94 valence electrons. The molecule has 0 aliphatic rings. The molecule has 0 saturated heterocycles. The first kappa shape index (κ1) is 12.6. The highest BCUT2D eigenvalue weighted by Gasteiger charge is 2.04. The molecular formula is C12H15N5S. The number of nitrogens with zero attached hydrogens (tertiary/aromatic N) is 3. The Morgan fingerprint density at radius 1 is 1.17 bits per heavy atom. The van der Waals surface area contributed by atoms with E-state index in [0.29, 0.717) is 11.1 Å². The minimum Gasteiger partial charge on any atom is -0.368 e. The first-order valence-corrected chi connectivity index (χ1v) is 6.73. The fourth-order valence-corrected chi connectivity index (χ4v) is 2.03. The lowest BCUT2D eigenvalue weighted by Gasteiger charge is -2.06. The number of aromatic nitrogens is 3. The van der Waals surface area contributed by atoms with Crippen LogP contribution in [0.3, 0.4) is 0 Å². The molecule has 5 nitrogen and oxygen atoms in total. The van der Waals surface area contributed by atoms with Crippen LogP contribution in [0.1, 0.15) is 13.3 Å². The topological polar surface area (TPSA) is 76.7 Å². The van der Waals surface area contributed by atoms with Crippen molar-refractivity contribution >= 4 is 29.3 Å². The molecule has 2 aromatic rings. The van der Waals surface area contributed by atoms with E-state index in [4.69, 9.17) is 5.73 Å². The summed E-state index contributed by atoms with van der Waals surface area (Å²) in [5.74, 6) is 1.68. The lowest BCUT2D eigenvalue weighted by Crippen LogP contribution is -2.04. The molecule has 6 heteroatoms. The first-order chi connectivity index (χ1) is 8.78. The van der Waals surface area contributed by atoms with Crippen molar-refractivity contribution in [1.82, 2.24) is 15.0 Å². The standard InChI is InChI=1S/C12H15N5S/c1-2-8-18-12-16-10(13)15-11(17-12)14-9-6-4-3-5-7-9/h3-7H,2,8H2,1H3,(H3,13,14,15,16,17). The van der Waals surface area contributed by atoms with Crippen LogP contribution in [0.15, 0.2) is 35.5 Å². The van der Waals surface area contributed by atoms with Gasteiger partial charge in [-0.25, -0.2) is 0 Å². The van der Waals surface area contributed by atoms with Crippen molar-refractivity contribution in [3.8, 4) is 0 Å². The average Bonchev–Trinajstić information content (AvgIpc) is 2.37. The number of rotatable bonds is 5. The summed E-state index contributed by atoms with van der Waals surface area (Å²) in [5.41, 5.74) is 6.59. The molecule has 0 radical (unpaired) electrons. The van der Waals surface area contributed by atoms with E-state index in [1.54, 1.807) is 11.8 Å². The van der Waals surface area contributed by atoms with Gasteiger partial charge in [-0.2, -0.15) is 15.0 Å². The first-order valence-electron chi connectivity index (χ1n) is 5.74. The summed E-state index contributed by atoms with van der Waals surface area (Å²) in [6.07, 6.45) is 1.07. The lowest BCUT2D eigenvalue weighted by atomic mass is 10.3. The zero-order chi connectivity index (χ0) is 12.8. The third kappa shape index (κ3) is 3.59. The second kappa shape index (κ2) is 6.20. The molecule has 0 amide bonds. The van der Waals surface area contributed by atoms with Crippen molar-refractivity contribution < 1.29 is 0 Å². The van der Waals surface area contributed by atoms with Crippen molar-refractivity contribution in [3.05, 3.63) is 30.3 Å². The predicted octanol–water partition coefficient (Wildman–Crippen LogP) is 2.70. The number of hydrogen-bond acceptors (Lipinski definition) is 6. The third-order valence-corrected chi connectivity index (χ3v) is 3.15. The van der Waals surface area contributed by atoms with E-state index in [0.717, 1.165) is 17.9 Å². The van der Waals surface area contributed by atoms with Crippen molar-refractivity contribution in [2.75, 3.05) is 16.8 Å². The molecular weight excluding hydrogens is 246 g/mol. The Morgan fingerprint density at radius 2 is 1.94 bits per heavy atom. The monoisotopic (exact) mass is 261 g/mol. The Labute approximate surface area is 110 Å². The molecule has 0 aliphatic carbocycles. The van der Waals surface area contributed by atoms with E-state index in [1.165, 1.54) is 0 Å². The van der Waals surface area contributed by atoms with Gasteiger partial charge in [-0.3, -0.25) is 0 Å². The molecule has 18 heavy (non-hydrogen) atoms. The SMILES string of the molecule is CCCSc1nc(N)nc(Nc2ccccc2)n1. The molecule has 2 rings (SSSR count). The summed E-state index contributed by atoms with van der Waals surface area (Å²) in [6.45, 7) is 2.11. The zero-order valence-corrected chi connectivity index (χ0v) is 10.9. The molecule has 0 aliphatic heterocycles. The number of thioether (sulfide) groups is 1. The molecule has 0 bridgehead atoms. The second-order valence-electron chi connectivity index (χ2n) is 3.64. The number of benzene rings is 1. The van der Waals surface area contributed by atoms with Gasteiger partial charge in [-0.15, -0.1) is 0 Å². The predicted molar refractivity (Wildman–Crippen MR) is 75.0 cm³/mol. The molecule has 0 unspecified atom stereocenters. The van der Waals surface area contributed by atoms with Crippen LogP contribution < -0.4 is 11.1 Å². The lowest BCUT2D eigenvalue weighted by molar-refractivity contribution is 0.922. The van der Waals surface area contributed by atoms with Gasteiger partial charge in [0, 0.05) is 11.4 Å². The molecule has 0 saturated carbocycles. The fraction of sp³-hybridized carbons (Fsp3) is 0.250. The van der Waals surface area contributed by atoms with Crippen molar-refractivity contribution in [1.29, 1.82) is 0 Å². The second-order valence-corrected chi connectivity index (χ2v) is 4.70. The molecule has 0 fully saturated rings. The van der Waals surface area contributed by atoms with Gasteiger partial charge in [0.25, 0.3) is 0 Å². The van der Waals surface area contributed by atoms with Gasteiger partial charge in [-0.05, 0) is 18.6 Å². The summed E-state index contributed by atoms with van der Waals surface area (Å²) < 4.78 is 0.